The van der Waals surface area contributed by atoms with Crippen molar-refractivity contribution in [1.29, 1.82) is 0 Å². The van der Waals surface area contributed by atoms with Crippen LogP contribution in [0, 0.1) is 5.92 Å². The van der Waals surface area contributed by atoms with E-state index in [4.69, 9.17) is 0 Å². The smallest absolute Gasteiger partial charge is 0.282 e. The zero-order valence-electron chi connectivity index (χ0n) is 13.7. The molecule has 0 aromatic carbocycles. The van der Waals surface area contributed by atoms with Gasteiger partial charge in [0.25, 0.3) is 10.2 Å². The van der Waals surface area contributed by atoms with Crippen LogP contribution in [0.5, 0.6) is 0 Å². The van der Waals surface area contributed by atoms with Gasteiger partial charge < -0.3 is 5.32 Å². The van der Waals surface area contributed by atoms with E-state index in [1.807, 2.05) is 20.8 Å². The van der Waals surface area contributed by atoms with Gasteiger partial charge in [-0.2, -0.15) is 17.0 Å². The van der Waals surface area contributed by atoms with Gasteiger partial charge in [0.1, 0.15) is 0 Å². The van der Waals surface area contributed by atoms with Crippen LogP contribution in [0.4, 0.5) is 0 Å². The Balaban J connectivity index is 2.11. The van der Waals surface area contributed by atoms with Gasteiger partial charge in [0.2, 0.25) is 0 Å². The predicted molar refractivity (Wildman–Crippen MR) is 86.4 cm³/mol. The topological polar surface area (TPSA) is 52.7 Å². The molecule has 6 heteroatoms. The lowest BCUT2D eigenvalue weighted by molar-refractivity contribution is 0.211. The first kappa shape index (κ1) is 17.2. The van der Waals surface area contributed by atoms with E-state index in [2.05, 4.69) is 5.32 Å². The van der Waals surface area contributed by atoms with Crippen molar-refractivity contribution >= 4 is 10.2 Å². The molecule has 2 aliphatic rings. The summed E-state index contributed by atoms with van der Waals surface area (Å²) in [5, 5.41) is 3.35. The van der Waals surface area contributed by atoms with Crippen molar-refractivity contribution in [1.82, 2.24) is 13.9 Å². The van der Waals surface area contributed by atoms with E-state index < -0.39 is 10.2 Å². The Labute approximate surface area is 130 Å². The largest absolute Gasteiger partial charge is 0.317 e. The van der Waals surface area contributed by atoms with Crippen LogP contribution in [0.25, 0.3) is 0 Å². The van der Waals surface area contributed by atoms with Gasteiger partial charge in [-0.1, -0.05) is 6.42 Å². The SMILES string of the molecule is CC(C)N(CC1CCNCC1)S(=O)(=O)N1CCCCC1C. The lowest BCUT2D eigenvalue weighted by Gasteiger charge is -2.39. The van der Waals surface area contributed by atoms with Crippen LogP contribution in [-0.4, -0.2) is 55.3 Å². The summed E-state index contributed by atoms with van der Waals surface area (Å²) in [4.78, 5) is 0. The molecule has 0 bridgehead atoms. The van der Waals surface area contributed by atoms with Gasteiger partial charge in [-0.25, -0.2) is 0 Å². The van der Waals surface area contributed by atoms with Crippen LogP contribution >= 0.6 is 0 Å². The zero-order valence-corrected chi connectivity index (χ0v) is 14.5. The summed E-state index contributed by atoms with van der Waals surface area (Å²) in [7, 11) is -3.33. The molecule has 2 saturated heterocycles. The fraction of sp³-hybridized carbons (Fsp3) is 1.00. The molecule has 1 unspecified atom stereocenters. The maximum Gasteiger partial charge on any atom is 0.282 e. The molecule has 0 aliphatic carbocycles. The minimum absolute atomic E-state index is 0.0269. The second-order valence-electron chi connectivity index (χ2n) is 6.82. The number of nitrogens with zero attached hydrogens (tertiary/aromatic N) is 2. The maximum atomic E-state index is 13.0. The average molecular weight is 317 g/mol. The summed E-state index contributed by atoms with van der Waals surface area (Å²) in [6.45, 7) is 9.40. The Bertz CT molecular complexity index is 419. The number of rotatable bonds is 5. The zero-order chi connectivity index (χ0) is 15.5. The summed E-state index contributed by atoms with van der Waals surface area (Å²) in [5.41, 5.74) is 0. The summed E-state index contributed by atoms with van der Waals surface area (Å²) in [6.07, 6.45) is 5.27. The molecule has 1 atom stereocenters. The van der Waals surface area contributed by atoms with Crippen LogP contribution in [0.2, 0.25) is 0 Å². The van der Waals surface area contributed by atoms with Crippen molar-refractivity contribution in [3.05, 3.63) is 0 Å². The quantitative estimate of drug-likeness (QED) is 0.841. The Kier molecular flexibility index (Phi) is 6.05. The second kappa shape index (κ2) is 7.40. The van der Waals surface area contributed by atoms with Gasteiger partial charge in [-0.15, -0.1) is 0 Å². The number of hydrogen-bond acceptors (Lipinski definition) is 3. The molecular formula is C15H31N3O2S. The first-order chi connectivity index (χ1) is 9.93. The van der Waals surface area contributed by atoms with Crippen LogP contribution in [0.3, 0.4) is 0 Å². The minimum Gasteiger partial charge on any atom is -0.317 e. The third kappa shape index (κ3) is 4.18. The Morgan fingerprint density at radius 3 is 2.43 bits per heavy atom. The Morgan fingerprint density at radius 2 is 1.86 bits per heavy atom. The fourth-order valence-corrected chi connectivity index (χ4v) is 5.56. The molecule has 0 aromatic rings. The molecule has 0 radical (unpaired) electrons. The maximum absolute atomic E-state index is 13.0. The molecule has 21 heavy (non-hydrogen) atoms. The van der Waals surface area contributed by atoms with Crippen LogP contribution in [0.1, 0.15) is 52.9 Å². The molecule has 0 amide bonds. The molecule has 124 valence electrons. The van der Waals surface area contributed by atoms with E-state index in [1.165, 1.54) is 0 Å². The van der Waals surface area contributed by atoms with Gasteiger partial charge in [-0.05, 0) is 65.5 Å². The molecule has 0 spiro atoms. The standard InChI is InChI=1S/C15H31N3O2S/c1-13(2)18(12-15-7-9-16-10-8-15)21(19,20)17-11-5-4-6-14(17)3/h13-16H,4-12H2,1-3H3. The highest BCUT2D eigenvalue weighted by atomic mass is 32.2. The van der Waals surface area contributed by atoms with E-state index in [0.29, 0.717) is 19.0 Å². The van der Waals surface area contributed by atoms with Crippen molar-refractivity contribution < 1.29 is 8.42 Å². The van der Waals surface area contributed by atoms with Crippen molar-refractivity contribution in [2.45, 2.75) is 65.0 Å². The van der Waals surface area contributed by atoms with Gasteiger partial charge in [0.15, 0.2) is 0 Å². The molecule has 2 rings (SSSR count). The second-order valence-corrected chi connectivity index (χ2v) is 8.65. The lowest BCUT2D eigenvalue weighted by Crippen LogP contribution is -2.53. The van der Waals surface area contributed by atoms with E-state index in [-0.39, 0.29) is 12.1 Å². The highest BCUT2D eigenvalue weighted by Gasteiger charge is 2.36. The fourth-order valence-electron chi connectivity index (χ4n) is 3.44. The molecule has 1 N–H and O–H groups in total. The van der Waals surface area contributed by atoms with E-state index >= 15 is 0 Å². The van der Waals surface area contributed by atoms with E-state index in [1.54, 1.807) is 8.61 Å². The summed E-state index contributed by atoms with van der Waals surface area (Å²) in [5.74, 6) is 0.489. The molecule has 0 aromatic heterocycles. The molecule has 2 aliphatic heterocycles. The van der Waals surface area contributed by atoms with E-state index in [9.17, 15) is 8.42 Å². The molecular weight excluding hydrogens is 286 g/mol. The number of hydrogen-bond donors (Lipinski definition) is 1. The highest BCUT2D eigenvalue weighted by molar-refractivity contribution is 7.86. The third-order valence-corrected chi connectivity index (χ3v) is 7.11. The van der Waals surface area contributed by atoms with Gasteiger partial charge in [0, 0.05) is 25.2 Å². The third-order valence-electron chi connectivity index (χ3n) is 4.81. The van der Waals surface area contributed by atoms with Crippen molar-refractivity contribution in [2.24, 2.45) is 5.92 Å². The van der Waals surface area contributed by atoms with Crippen LogP contribution in [0.15, 0.2) is 0 Å². The van der Waals surface area contributed by atoms with Crippen LogP contribution < -0.4 is 5.32 Å². The summed E-state index contributed by atoms with van der Waals surface area (Å²) in [6, 6.07) is 0.164. The Morgan fingerprint density at radius 1 is 1.19 bits per heavy atom. The predicted octanol–water partition coefficient (Wildman–Crippen LogP) is 1.82. The van der Waals surface area contributed by atoms with Crippen LogP contribution in [-0.2, 0) is 10.2 Å². The molecule has 2 heterocycles. The first-order valence-corrected chi connectivity index (χ1v) is 9.82. The normalized spacial score (nSPS) is 26.6. The van der Waals surface area contributed by atoms with Gasteiger partial charge in [-0.3, -0.25) is 0 Å². The Hall–Kier alpha value is -0.170. The van der Waals surface area contributed by atoms with Gasteiger partial charge in [0.05, 0.1) is 0 Å². The summed E-state index contributed by atoms with van der Waals surface area (Å²) < 4.78 is 29.6. The monoisotopic (exact) mass is 317 g/mol. The minimum atomic E-state index is -3.33. The highest BCUT2D eigenvalue weighted by Crippen LogP contribution is 2.25. The van der Waals surface area contributed by atoms with Crippen molar-refractivity contribution in [2.75, 3.05) is 26.2 Å². The number of piperidine rings is 2. The van der Waals surface area contributed by atoms with Crippen molar-refractivity contribution in [3.63, 3.8) is 0 Å². The average Bonchev–Trinajstić information content (AvgIpc) is 2.45. The molecule has 0 saturated carbocycles. The first-order valence-electron chi connectivity index (χ1n) is 8.42. The lowest BCUT2D eigenvalue weighted by atomic mass is 9.98. The van der Waals surface area contributed by atoms with E-state index in [0.717, 1.165) is 45.2 Å². The molecule has 5 nitrogen and oxygen atoms in total. The van der Waals surface area contributed by atoms with Crippen molar-refractivity contribution in [3.8, 4) is 0 Å². The van der Waals surface area contributed by atoms with Gasteiger partial charge >= 0.3 is 0 Å². The summed E-state index contributed by atoms with van der Waals surface area (Å²) >= 11 is 0. The molecule has 2 fully saturated rings. The number of nitrogens with one attached hydrogen (secondary N) is 1.